The molecule has 1 fully saturated rings. The standard InChI is InChI=1S/C10H14N2/c11-12-10-7-3-5-8-4-1-2-6-9(8)10/h1-2,4,6,8-9H,3,5,7,11H2. The molecule has 2 aliphatic carbocycles. The molecule has 2 nitrogen and oxygen atoms in total. The molecule has 0 aliphatic heterocycles. The van der Waals surface area contributed by atoms with Crippen LogP contribution >= 0.6 is 0 Å². The minimum Gasteiger partial charge on any atom is -0.323 e. The molecule has 2 N–H and O–H groups in total. The topological polar surface area (TPSA) is 38.4 Å². The Morgan fingerprint density at radius 1 is 1.33 bits per heavy atom. The maximum Gasteiger partial charge on any atom is 0.0450 e. The lowest BCUT2D eigenvalue weighted by atomic mass is 9.76. The van der Waals surface area contributed by atoms with Gasteiger partial charge in [0.2, 0.25) is 0 Å². The Hall–Kier alpha value is -1.05. The number of nitrogens with two attached hydrogens (primary N) is 1. The zero-order chi connectivity index (χ0) is 8.39. The molecule has 2 unspecified atom stereocenters. The number of hydrogen-bond donors (Lipinski definition) is 1. The molecular weight excluding hydrogens is 148 g/mol. The quantitative estimate of drug-likeness (QED) is 0.428. The first kappa shape index (κ1) is 7.59. The molecule has 64 valence electrons. The van der Waals surface area contributed by atoms with Crippen LogP contribution in [0, 0.1) is 11.8 Å². The van der Waals surface area contributed by atoms with Gasteiger partial charge in [-0.1, -0.05) is 24.3 Å². The molecule has 1 saturated carbocycles. The van der Waals surface area contributed by atoms with Crippen LogP contribution in [0.1, 0.15) is 19.3 Å². The highest BCUT2D eigenvalue weighted by Gasteiger charge is 2.27. The second-order valence-electron chi connectivity index (χ2n) is 3.47. The van der Waals surface area contributed by atoms with Crippen LogP contribution in [0.2, 0.25) is 0 Å². The number of allylic oxidation sites excluding steroid dienone is 4. The third-order valence-corrected chi connectivity index (χ3v) is 2.77. The first-order valence-corrected chi connectivity index (χ1v) is 4.53. The summed E-state index contributed by atoms with van der Waals surface area (Å²) in [4.78, 5) is 0. The summed E-state index contributed by atoms with van der Waals surface area (Å²) in [6.45, 7) is 0. The first-order chi connectivity index (χ1) is 5.92. The molecule has 12 heavy (non-hydrogen) atoms. The highest BCUT2D eigenvalue weighted by molar-refractivity contribution is 5.89. The molecule has 0 heterocycles. The summed E-state index contributed by atoms with van der Waals surface area (Å²) < 4.78 is 0. The van der Waals surface area contributed by atoms with Crippen LogP contribution in [0.15, 0.2) is 29.4 Å². The summed E-state index contributed by atoms with van der Waals surface area (Å²) in [6.07, 6.45) is 12.3. The van der Waals surface area contributed by atoms with Crippen molar-refractivity contribution in [2.24, 2.45) is 22.8 Å². The van der Waals surface area contributed by atoms with Gasteiger partial charge in [0.15, 0.2) is 0 Å². The number of rotatable bonds is 0. The number of hydrazone groups is 1. The average molecular weight is 162 g/mol. The van der Waals surface area contributed by atoms with Gasteiger partial charge in [0.05, 0.1) is 0 Å². The van der Waals surface area contributed by atoms with Crippen molar-refractivity contribution in [3.8, 4) is 0 Å². The highest BCUT2D eigenvalue weighted by atomic mass is 15.1. The Morgan fingerprint density at radius 2 is 2.17 bits per heavy atom. The fourth-order valence-corrected chi connectivity index (χ4v) is 2.12. The van der Waals surface area contributed by atoms with E-state index in [2.05, 4.69) is 29.4 Å². The van der Waals surface area contributed by atoms with Crippen LogP contribution in [-0.4, -0.2) is 5.71 Å². The zero-order valence-corrected chi connectivity index (χ0v) is 7.11. The minimum absolute atomic E-state index is 0.494. The summed E-state index contributed by atoms with van der Waals surface area (Å²) in [7, 11) is 0. The summed E-state index contributed by atoms with van der Waals surface area (Å²) in [5.41, 5.74) is 1.17. The Kier molecular flexibility index (Phi) is 1.98. The van der Waals surface area contributed by atoms with Gasteiger partial charge in [0.25, 0.3) is 0 Å². The smallest absolute Gasteiger partial charge is 0.0450 e. The minimum atomic E-state index is 0.494. The second kappa shape index (κ2) is 3.13. The van der Waals surface area contributed by atoms with Gasteiger partial charge in [-0.3, -0.25) is 0 Å². The predicted octanol–water partition coefficient (Wildman–Crippen LogP) is 1.84. The van der Waals surface area contributed by atoms with Gasteiger partial charge in [-0.25, -0.2) is 0 Å². The maximum atomic E-state index is 5.34. The van der Waals surface area contributed by atoms with Crippen LogP contribution in [-0.2, 0) is 0 Å². The van der Waals surface area contributed by atoms with Gasteiger partial charge < -0.3 is 5.84 Å². The van der Waals surface area contributed by atoms with Gasteiger partial charge >= 0.3 is 0 Å². The van der Waals surface area contributed by atoms with E-state index in [1.54, 1.807) is 0 Å². The maximum absolute atomic E-state index is 5.34. The molecule has 0 spiro atoms. The molecule has 2 aliphatic rings. The van der Waals surface area contributed by atoms with Gasteiger partial charge in [-0.15, -0.1) is 0 Å². The van der Waals surface area contributed by atoms with Crippen LogP contribution in [0.3, 0.4) is 0 Å². The number of nitrogens with zero attached hydrogens (tertiary/aromatic N) is 1. The largest absolute Gasteiger partial charge is 0.323 e. The summed E-state index contributed by atoms with van der Waals surface area (Å²) in [5.74, 6) is 6.49. The monoisotopic (exact) mass is 162 g/mol. The van der Waals surface area contributed by atoms with E-state index in [1.165, 1.54) is 18.6 Å². The lowest BCUT2D eigenvalue weighted by Crippen LogP contribution is -2.27. The van der Waals surface area contributed by atoms with Crippen molar-refractivity contribution in [3.63, 3.8) is 0 Å². The van der Waals surface area contributed by atoms with E-state index in [-0.39, 0.29) is 0 Å². The van der Waals surface area contributed by atoms with E-state index in [9.17, 15) is 0 Å². The van der Waals surface area contributed by atoms with Gasteiger partial charge in [0.1, 0.15) is 0 Å². The van der Waals surface area contributed by atoms with Crippen molar-refractivity contribution < 1.29 is 0 Å². The molecule has 0 aromatic carbocycles. The van der Waals surface area contributed by atoms with E-state index in [0.29, 0.717) is 11.8 Å². The summed E-state index contributed by atoms with van der Waals surface area (Å²) in [5, 5.41) is 3.86. The normalized spacial score (nSPS) is 36.8. The Labute approximate surface area is 72.8 Å². The fourth-order valence-electron chi connectivity index (χ4n) is 2.12. The second-order valence-corrected chi connectivity index (χ2v) is 3.47. The van der Waals surface area contributed by atoms with E-state index < -0.39 is 0 Å². The van der Waals surface area contributed by atoms with Gasteiger partial charge in [-0.05, 0) is 25.2 Å². The van der Waals surface area contributed by atoms with Crippen molar-refractivity contribution in [3.05, 3.63) is 24.3 Å². The molecule has 2 atom stereocenters. The summed E-state index contributed by atoms with van der Waals surface area (Å²) >= 11 is 0. The SMILES string of the molecule is NN=C1CCCC2C=CC=CC12. The third kappa shape index (κ3) is 1.17. The van der Waals surface area contributed by atoms with Crippen molar-refractivity contribution in [2.75, 3.05) is 0 Å². The van der Waals surface area contributed by atoms with Gasteiger partial charge in [-0.2, -0.15) is 5.10 Å². The first-order valence-electron chi connectivity index (χ1n) is 4.53. The van der Waals surface area contributed by atoms with Crippen molar-refractivity contribution in [2.45, 2.75) is 19.3 Å². The average Bonchev–Trinajstić information content (AvgIpc) is 2.17. The Bertz CT molecular complexity index is 251. The van der Waals surface area contributed by atoms with Crippen LogP contribution in [0.4, 0.5) is 0 Å². The summed E-state index contributed by atoms with van der Waals surface area (Å²) in [6, 6.07) is 0. The molecule has 2 heteroatoms. The molecule has 0 radical (unpaired) electrons. The Morgan fingerprint density at radius 3 is 3.00 bits per heavy atom. The van der Waals surface area contributed by atoms with E-state index in [4.69, 9.17) is 5.84 Å². The lowest BCUT2D eigenvalue weighted by molar-refractivity contribution is 0.472. The van der Waals surface area contributed by atoms with E-state index >= 15 is 0 Å². The molecule has 2 rings (SSSR count). The predicted molar refractivity (Wildman–Crippen MR) is 50.7 cm³/mol. The van der Waals surface area contributed by atoms with Gasteiger partial charge in [0, 0.05) is 11.6 Å². The molecule has 0 saturated heterocycles. The van der Waals surface area contributed by atoms with Crippen molar-refractivity contribution in [1.82, 2.24) is 0 Å². The van der Waals surface area contributed by atoms with Crippen LogP contribution in [0.5, 0.6) is 0 Å². The molecule has 0 aromatic heterocycles. The molecule has 0 amide bonds. The molecular formula is C10H14N2. The zero-order valence-electron chi connectivity index (χ0n) is 7.11. The third-order valence-electron chi connectivity index (χ3n) is 2.77. The highest BCUT2D eigenvalue weighted by Crippen LogP contribution is 2.31. The van der Waals surface area contributed by atoms with Crippen LogP contribution < -0.4 is 5.84 Å². The van der Waals surface area contributed by atoms with Crippen molar-refractivity contribution >= 4 is 5.71 Å². The van der Waals surface area contributed by atoms with Crippen molar-refractivity contribution in [1.29, 1.82) is 0 Å². The van der Waals surface area contributed by atoms with E-state index in [1.807, 2.05) is 0 Å². The van der Waals surface area contributed by atoms with Crippen LogP contribution in [0.25, 0.3) is 0 Å². The molecule has 0 bridgehead atoms. The van der Waals surface area contributed by atoms with E-state index in [0.717, 1.165) is 6.42 Å². The number of hydrogen-bond acceptors (Lipinski definition) is 2. The fraction of sp³-hybridized carbons (Fsp3) is 0.500. The number of fused-ring (bicyclic) bond motifs is 1. The lowest BCUT2D eigenvalue weighted by Gasteiger charge is -2.29. The Balaban J connectivity index is 2.22. The molecule has 0 aromatic rings.